The molecule has 2 heteroatoms. The van der Waals surface area contributed by atoms with E-state index in [1.54, 1.807) is 11.3 Å². The Hall–Kier alpha value is -0.340. The molecule has 78 valence electrons. The van der Waals surface area contributed by atoms with Gasteiger partial charge in [0.15, 0.2) is 0 Å². The Kier molecular flexibility index (Phi) is 3.24. The first kappa shape index (κ1) is 10.2. The van der Waals surface area contributed by atoms with Crippen LogP contribution in [0.5, 0.6) is 0 Å². The van der Waals surface area contributed by atoms with E-state index in [0.29, 0.717) is 0 Å². The van der Waals surface area contributed by atoms with Gasteiger partial charge in [0.25, 0.3) is 0 Å². The molecule has 2 N–H and O–H groups in total. The van der Waals surface area contributed by atoms with E-state index >= 15 is 0 Å². The summed E-state index contributed by atoms with van der Waals surface area (Å²) in [6.07, 6.45) is 8.86. The molecule has 0 unspecified atom stereocenters. The third-order valence-electron chi connectivity index (χ3n) is 3.34. The van der Waals surface area contributed by atoms with Crippen molar-refractivity contribution in [3.63, 3.8) is 0 Å². The first-order valence-electron chi connectivity index (χ1n) is 5.58. The Morgan fingerprint density at radius 2 is 2.07 bits per heavy atom. The van der Waals surface area contributed by atoms with Gasteiger partial charge < -0.3 is 5.73 Å². The Bertz CT molecular complexity index is 260. The van der Waals surface area contributed by atoms with Crippen molar-refractivity contribution in [2.75, 3.05) is 0 Å². The predicted molar refractivity (Wildman–Crippen MR) is 62.6 cm³/mol. The first-order valence-corrected chi connectivity index (χ1v) is 6.53. The molecule has 1 aromatic heterocycles. The Morgan fingerprint density at radius 1 is 1.29 bits per heavy atom. The summed E-state index contributed by atoms with van der Waals surface area (Å²) in [7, 11) is 0. The summed E-state index contributed by atoms with van der Waals surface area (Å²) < 4.78 is 0. The van der Waals surface area contributed by atoms with E-state index in [2.05, 4.69) is 16.8 Å². The van der Waals surface area contributed by atoms with Crippen molar-refractivity contribution in [2.24, 2.45) is 5.73 Å². The van der Waals surface area contributed by atoms with Crippen LogP contribution in [-0.2, 0) is 6.42 Å². The van der Waals surface area contributed by atoms with Crippen molar-refractivity contribution in [2.45, 2.75) is 50.5 Å². The smallest absolute Gasteiger partial charge is 0.0157 e. The van der Waals surface area contributed by atoms with Gasteiger partial charge in [-0.1, -0.05) is 19.3 Å². The fourth-order valence-corrected chi connectivity index (χ4v) is 3.04. The fraction of sp³-hybridized carbons (Fsp3) is 0.667. The van der Waals surface area contributed by atoms with Crippen molar-refractivity contribution < 1.29 is 0 Å². The van der Waals surface area contributed by atoms with Crippen LogP contribution < -0.4 is 5.73 Å². The second-order valence-corrected chi connectivity index (χ2v) is 5.33. The lowest BCUT2D eigenvalue weighted by Gasteiger charge is -2.33. The molecule has 0 bridgehead atoms. The minimum Gasteiger partial charge on any atom is -0.325 e. The zero-order valence-electron chi connectivity index (χ0n) is 8.67. The second-order valence-electron chi connectivity index (χ2n) is 4.55. The molecule has 1 saturated carbocycles. The monoisotopic (exact) mass is 209 g/mol. The highest BCUT2D eigenvalue weighted by Crippen LogP contribution is 2.29. The molecule has 0 aliphatic heterocycles. The van der Waals surface area contributed by atoms with E-state index in [4.69, 9.17) is 5.73 Å². The summed E-state index contributed by atoms with van der Waals surface area (Å²) in [4.78, 5) is 0. The van der Waals surface area contributed by atoms with Crippen LogP contribution in [0.2, 0.25) is 0 Å². The van der Waals surface area contributed by atoms with Crippen LogP contribution in [0.3, 0.4) is 0 Å². The lowest BCUT2D eigenvalue weighted by atomic mass is 9.79. The minimum atomic E-state index is 0.153. The summed E-state index contributed by atoms with van der Waals surface area (Å²) in [6, 6.07) is 2.22. The summed E-state index contributed by atoms with van der Waals surface area (Å²) in [5, 5.41) is 4.39. The van der Waals surface area contributed by atoms with Crippen LogP contribution in [0.4, 0.5) is 0 Å². The van der Waals surface area contributed by atoms with E-state index in [1.165, 1.54) is 50.5 Å². The van der Waals surface area contributed by atoms with Gasteiger partial charge in [-0.3, -0.25) is 0 Å². The average molecular weight is 209 g/mol. The lowest BCUT2D eigenvalue weighted by Crippen LogP contribution is -2.41. The van der Waals surface area contributed by atoms with E-state index < -0.39 is 0 Å². The number of nitrogens with two attached hydrogens (primary N) is 1. The quantitative estimate of drug-likeness (QED) is 0.811. The lowest BCUT2D eigenvalue weighted by molar-refractivity contribution is 0.278. The molecular formula is C12H19NS. The van der Waals surface area contributed by atoms with Crippen molar-refractivity contribution in [1.82, 2.24) is 0 Å². The maximum absolute atomic E-state index is 6.38. The number of hydrogen-bond acceptors (Lipinski definition) is 2. The first-order chi connectivity index (χ1) is 6.79. The highest BCUT2D eigenvalue weighted by atomic mass is 32.1. The largest absolute Gasteiger partial charge is 0.325 e. The van der Waals surface area contributed by atoms with Crippen LogP contribution in [-0.4, -0.2) is 5.54 Å². The Labute approximate surface area is 90.3 Å². The summed E-state index contributed by atoms with van der Waals surface area (Å²) in [5.74, 6) is 0. The molecule has 1 aliphatic rings. The molecule has 1 nitrogen and oxygen atoms in total. The Balaban J connectivity index is 1.84. The predicted octanol–water partition coefficient (Wildman–Crippen LogP) is 3.34. The molecule has 0 radical (unpaired) electrons. The zero-order chi connectivity index (χ0) is 9.86. The fourth-order valence-electron chi connectivity index (χ4n) is 2.33. The number of aryl methyl sites for hydroxylation is 1. The molecule has 0 spiro atoms. The molecule has 1 fully saturated rings. The Morgan fingerprint density at radius 3 is 2.71 bits per heavy atom. The van der Waals surface area contributed by atoms with Crippen LogP contribution in [0.1, 0.15) is 44.1 Å². The van der Waals surface area contributed by atoms with Gasteiger partial charge in [0.2, 0.25) is 0 Å². The van der Waals surface area contributed by atoms with Gasteiger partial charge in [0, 0.05) is 5.54 Å². The maximum Gasteiger partial charge on any atom is 0.0157 e. The van der Waals surface area contributed by atoms with E-state index in [0.717, 1.165) is 0 Å². The van der Waals surface area contributed by atoms with Crippen LogP contribution in [0.15, 0.2) is 16.8 Å². The summed E-state index contributed by atoms with van der Waals surface area (Å²) in [6.45, 7) is 0. The summed E-state index contributed by atoms with van der Waals surface area (Å²) in [5.41, 5.74) is 8.00. The number of thiophene rings is 1. The molecule has 0 amide bonds. The van der Waals surface area contributed by atoms with Gasteiger partial charge in [0.05, 0.1) is 0 Å². The molecule has 1 aromatic rings. The van der Waals surface area contributed by atoms with Gasteiger partial charge in [-0.25, -0.2) is 0 Å². The molecule has 14 heavy (non-hydrogen) atoms. The average Bonchev–Trinajstić information content (AvgIpc) is 2.69. The summed E-state index contributed by atoms with van der Waals surface area (Å²) >= 11 is 1.78. The van der Waals surface area contributed by atoms with Gasteiger partial charge in [0.1, 0.15) is 0 Å². The molecule has 1 aliphatic carbocycles. The molecule has 1 heterocycles. The maximum atomic E-state index is 6.38. The number of hydrogen-bond donors (Lipinski definition) is 1. The van der Waals surface area contributed by atoms with Crippen LogP contribution in [0, 0.1) is 0 Å². The molecule has 0 atom stereocenters. The molecule has 0 saturated heterocycles. The van der Waals surface area contributed by atoms with Crippen molar-refractivity contribution in [1.29, 1.82) is 0 Å². The normalized spacial score (nSPS) is 20.9. The highest BCUT2D eigenvalue weighted by molar-refractivity contribution is 7.07. The van der Waals surface area contributed by atoms with Gasteiger partial charge in [-0.15, -0.1) is 0 Å². The van der Waals surface area contributed by atoms with E-state index in [1.807, 2.05) is 0 Å². The van der Waals surface area contributed by atoms with Gasteiger partial charge >= 0.3 is 0 Å². The molecule has 0 aromatic carbocycles. The van der Waals surface area contributed by atoms with Crippen LogP contribution in [0.25, 0.3) is 0 Å². The van der Waals surface area contributed by atoms with Crippen molar-refractivity contribution in [3.8, 4) is 0 Å². The number of rotatable bonds is 3. The SMILES string of the molecule is NC1(CCc2ccsc2)CCCCC1. The van der Waals surface area contributed by atoms with Crippen molar-refractivity contribution in [3.05, 3.63) is 22.4 Å². The zero-order valence-corrected chi connectivity index (χ0v) is 9.48. The third kappa shape index (κ3) is 2.58. The third-order valence-corrected chi connectivity index (χ3v) is 4.07. The molecular weight excluding hydrogens is 190 g/mol. The van der Waals surface area contributed by atoms with E-state index in [9.17, 15) is 0 Å². The standard InChI is InChI=1S/C12H19NS/c13-12(6-2-1-3-7-12)8-4-11-5-9-14-10-11/h5,9-10H,1-4,6-8,13H2. The van der Waals surface area contributed by atoms with Crippen molar-refractivity contribution >= 4 is 11.3 Å². The highest BCUT2D eigenvalue weighted by Gasteiger charge is 2.26. The van der Waals surface area contributed by atoms with Gasteiger partial charge in [-0.2, -0.15) is 11.3 Å². The molecule has 2 rings (SSSR count). The van der Waals surface area contributed by atoms with E-state index in [-0.39, 0.29) is 5.54 Å². The topological polar surface area (TPSA) is 26.0 Å². The minimum absolute atomic E-state index is 0.153. The van der Waals surface area contributed by atoms with Gasteiger partial charge in [-0.05, 0) is 48.1 Å². The van der Waals surface area contributed by atoms with Crippen LogP contribution >= 0.6 is 11.3 Å². The second kappa shape index (κ2) is 4.45.